The number of amides is 3. The summed E-state index contributed by atoms with van der Waals surface area (Å²) in [6.45, 7) is 2.46. The molecule has 0 saturated carbocycles. The van der Waals surface area contributed by atoms with Gasteiger partial charge in [0.1, 0.15) is 5.75 Å². The first-order chi connectivity index (χ1) is 16.4. The van der Waals surface area contributed by atoms with Crippen LogP contribution in [0.2, 0.25) is 5.02 Å². The zero-order chi connectivity index (χ0) is 24.1. The highest BCUT2D eigenvalue weighted by Gasteiger charge is 2.35. The molecule has 2 aromatic carbocycles. The monoisotopic (exact) mass is 497 g/mol. The molecule has 9 heteroatoms. The van der Waals surface area contributed by atoms with E-state index in [0.29, 0.717) is 35.2 Å². The van der Waals surface area contributed by atoms with Gasteiger partial charge in [0, 0.05) is 34.2 Å². The van der Waals surface area contributed by atoms with Crippen LogP contribution < -0.4 is 20.3 Å². The molecule has 2 heterocycles. The van der Waals surface area contributed by atoms with Crippen LogP contribution in [0.4, 0.5) is 11.4 Å². The normalized spacial score (nSPS) is 15.3. The molecule has 3 amide bonds. The molecule has 1 aliphatic rings. The second-order valence-electron chi connectivity index (χ2n) is 7.95. The van der Waals surface area contributed by atoms with Crippen molar-refractivity contribution in [2.24, 2.45) is 5.92 Å². The molecule has 1 atom stereocenters. The number of carbonyl (C=O) groups is 3. The third-order valence-electron chi connectivity index (χ3n) is 5.57. The average molecular weight is 498 g/mol. The number of nitrogens with zero attached hydrogens (tertiary/aromatic N) is 1. The van der Waals surface area contributed by atoms with Crippen LogP contribution in [0, 0.1) is 12.8 Å². The standard InChI is InChI=1S/C25H24ClN3O4S/c1-16-21(26)5-2-6-22(16)28-23(30)15-33-19-9-7-18(8-10-19)29-14-17(12-24(29)31)25(32)27-13-20-4-3-11-34-20/h2-11,17H,12-15H2,1H3,(H,27,32)(H,28,30)/t17-/m0/s1. The Hall–Kier alpha value is -3.36. The largest absolute Gasteiger partial charge is 0.484 e. The maximum atomic E-state index is 12.5. The molecule has 1 fully saturated rings. The minimum Gasteiger partial charge on any atom is -0.484 e. The topological polar surface area (TPSA) is 87.7 Å². The van der Waals surface area contributed by atoms with Gasteiger partial charge in [-0.3, -0.25) is 14.4 Å². The summed E-state index contributed by atoms with van der Waals surface area (Å²) in [5.74, 6) is -0.410. The van der Waals surface area contributed by atoms with E-state index >= 15 is 0 Å². The number of anilines is 2. The van der Waals surface area contributed by atoms with Crippen LogP contribution in [0.1, 0.15) is 16.9 Å². The van der Waals surface area contributed by atoms with Crippen molar-refractivity contribution in [3.8, 4) is 5.75 Å². The third-order valence-corrected chi connectivity index (χ3v) is 6.86. The lowest BCUT2D eigenvalue weighted by Crippen LogP contribution is -2.32. The van der Waals surface area contributed by atoms with Gasteiger partial charge in [-0.05, 0) is 60.3 Å². The molecule has 0 bridgehead atoms. The molecule has 1 aromatic heterocycles. The van der Waals surface area contributed by atoms with E-state index in [2.05, 4.69) is 10.6 Å². The summed E-state index contributed by atoms with van der Waals surface area (Å²) in [4.78, 5) is 39.9. The van der Waals surface area contributed by atoms with Gasteiger partial charge in [-0.1, -0.05) is 23.7 Å². The fourth-order valence-corrected chi connectivity index (χ4v) is 4.48. The number of carbonyl (C=O) groups excluding carboxylic acids is 3. The molecule has 1 saturated heterocycles. The van der Waals surface area contributed by atoms with Gasteiger partial charge >= 0.3 is 0 Å². The smallest absolute Gasteiger partial charge is 0.262 e. The average Bonchev–Trinajstić information content (AvgIpc) is 3.49. The summed E-state index contributed by atoms with van der Waals surface area (Å²) in [6, 6.07) is 16.1. The number of hydrogen-bond donors (Lipinski definition) is 2. The van der Waals surface area contributed by atoms with Crippen molar-refractivity contribution in [3.63, 3.8) is 0 Å². The van der Waals surface area contributed by atoms with Crippen molar-refractivity contribution in [2.45, 2.75) is 19.9 Å². The van der Waals surface area contributed by atoms with Crippen LogP contribution in [0.15, 0.2) is 60.0 Å². The highest BCUT2D eigenvalue weighted by atomic mass is 35.5. The van der Waals surface area contributed by atoms with Gasteiger partial charge in [-0.25, -0.2) is 0 Å². The molecular weight excluding hydrogens is 474 g/mol. The van der Waals surface area contributed by atoms with Gasteiger partial charge in [0.05, 0.1) is 12.5 Å². The Bertz CT molecular complexity index is 1180. The van der Waals surface area contributed by atoms with E-state index in [-0.39, 0.29) is 36.7 Å². The Kier molecular flexibility index (Phi) is 7.49. The lowest BCUT2D eigenvalue weighted by Gasteiger charge is -2.17. The first-order valence-corrected chi connectivity index (χ1v) is 12.0. The summed E-state index contributed by atoms with van der Waals surface area (Å²) >= 11 is 7.66. The van der Waals surface area contributed by atoms with Crippen LogP contribution in [-0.4, -0.2) is 30.9 Å². The van der Waals surface area contributed by atoms with Crippen molar-refractivity contribution in [3.05, 3.63) is 75.4 Å². The highest BCUT2D eigenvalue weighted by Crippen LogP contribution is 2.27. The first-order valence-electron chi connectivity index (χ1n) is 10.8. The van der Waals surface area contributed by atoms with Gasteiger partial charge in [0.25, 0.3) is 5.91 Å². The first kappa shape index (κ1) is 23.8. The quantitative estimate of drug-likeness (QED) is 0.483. The van der Waals surface area contributed by atoms with Crippen molar-refractivity contribution >= 4 is 52.0 Å². The maximum absolute atomic E-state index is 12.5. The number of hydrogen-bond acceptors (Lipinski definition) is 5. The number of benzene rings is 2. The van der Waals surface area contributed by atoms with Crippen molar-refractivity contribution < 1.29 is 19.1 Å². The molecule has 2 N–H and O–H groups in total. The number of thiophene rings is 1. The summed E-state index contributed by atoms with van der Waals surface area (Å²) in [7, 11) is 0. The lowest BCUT2D eigenvalue weighted by molar-refractivity contribution is -0.126. The van der Waals surface area contributed by atoms with Gasteiger partial charge < -0.3 is 20.3 Å². The lowest BCUT2D eigenvalue weighted by atomic mass is 10.1. The number of nitrogens with one attached hydrogen (secondary N) is 2. The molecule has 3 aromatic rings. The molecule has 1 aliphatic heterocycles. The number of halogens is 1. The zero-order valence-electron chi connectivity index (χ0n) is 18.5. The Morgan fingerprint density at radius 3 is 2.68 bits per heavy atom. The highest BCUT2D eigenvalue weighted by molar-refractivity contribution is 7.09. The number of ether oxygens (including phenoxy) is 1. The summed E-state index contributed by atoms with van der Waals surface area (Å²) < 4.78 is 5.57. The number of rotatable bonds is 8. The van der Waals surface area contributed by atoms with Gasteiger partial charge in [0.15, 0.2) is 6.61 Å². The fraction of sp³-hybridized carbons (Fsp3) is 0.240. The Balaban J connectivity index is 1.28. The third kappa shape index (κ3) is 5.76. The van der Waals surface area contributed by atoms with E-state index in [1.54, 1.807) is 58.7 Å². The van der Waals surface area contributed by atoms with E-state index in [9.17, 15) is 14.4 Å². The van der Waals surface area contributed by atoms with E-state index < -0.39 is 0 Å². The Morgan fingerprint density at radius 1 is 1.15 bits per heavy atom. The van der Waals surface area contributed by atoms with E-state index in [0.717, 1.165) is 10.4 Å². The predicted octanol–water partition coefficient (Wildman–Crippen LogP) is 4.40. The minimum absolute atomic E-state index is 0.0961. The Labute approximate surface area is 206 Å². The van der Waals surface area contributed by atoms with E-state index in [1.807, 2.05) is 24.4 Å². The molecule has 176 valence electrons. The molecule has 0 aliphatic carbocycles. The SMILES string of the molecule is Cc1c(Cl)cccc1NC(=O)COc1ccc(N2C[C@@H](C(=O)NCc3cccs3)CC2=O)cc1. The van der Waals surface area contributed by atoms with Crippen LogP contribution in [0.25, 0.3) is 0 Å². The molecule has 34 heavy (non-hydrogen) atoms. The summed E-state index contributed by atoms with van der Waals surface area (Å²) in [5.41, 5.74) is 2.11. The van der Waals surface area contributed by atoms with Crippen molar-refractivity contribution in [1.29, 1.82) is 0 Å². The van der Waals surface area contributed by atoms with Crippen LogP contribution in [-0.2, 0) is 20.9 Å². The van der Waals surface area contributed by atoms with E-state index in [4.69, 9.17) is 16.3 Å². The van der Waals surface area contributed by atoms with Crippen LogP contribution in [0.5, 0.6) is 5.75 Å². The Morgan fingerprint density at radius 2 is 1.94 bits per heavy atom. The predicted molar refractivity (Wildman–Crippen MR) is 133 cm³/mol. The molecule has 0 radical (unpaired) electrons. The van der Waals surface area contributed by atoms with E-state index in [1.165, 1.54) is 0 Å². The van der Waals surface area contributed by atoms with Crippen LogP contribution in [0.3, 0.4) is 0 Å². The second-order valence-corrected chi connectivity index (χ2v) is 9.39. The molecular formula is C25H24ClN3O4S. The van der Waals surface area contributed by atoms with Gasteiger partial charge in [0.2, 0.25) is 11.8 Å². The molecule has 0 spiro atoms. The van der Waals surface area contributed by atoms with Crippen LogP contribution >= 0.6 is 22.9 Å². The summed E-state index contributed by atoms with van der Waals surface area (Å²) in [6.07, 6.45) is 0.178. The van der Waals surface area contributed by atoms with Gasteiger partial charge in [-0.2, -0.15) is 0 Å². The molecule has 4 rings (SSSR count). The molecule has 0 unspecified atom stereocenters. The zero-order valence-corrected chi connectivity index (χ0v) is 20.1. The summed E-state index contributed by atoms with van der Waals surface area (Å²) in [5, 5.41) is 8.22. The maximum Gasteiger partial charge on any atom is 0.262 e. The van der Waals surface area contributed by atoms with Crippen molar-refractivity contribution in [1.82, 2.24) is 5.32 Å². The second kappa shape index (κ2) is 10.7. The molecule has 7 nitrogen and oxygen atoms in total. The van der Waals surface area contributed by atoms with Crippen molar-refractivity contribution in [2.75, 3.05) is 23.4 Å². The van der Waals surface area contributed by atoms with Gasteiger partial charge in [-0.15, -0.1) is 11.3 Å². The fourth-order valence-electron chi connectivity index (χ4n) is 3.66. The minimum atomic E-state index is -0.387.